The monoisotopic (exact) mass is 451 g/mol. The molecule has 2 aromatic rings. The van der Waals surface area contributed by atoms with E-state index in [-0.39, 0.29) is 6.10 Å². The van der Waals surface area contributed by atoms with Crippen LogP contribution in [0.2, 0.25) is 0 Å². The van der Waals surface area contributed by atoms with Crippen molar-refractivity contribution < 1.29 is 29.0 Å². The zero-order valence-electron chi connectivity index (χ0n) is 19.4. The molecule has 1 aliphatic carbocycles. The SMILES string of the molecule is CC(C)OC(=O)C1=C(c2ccccc2)c2ccc(OCCN3CCOCC3)cc2/C1=[N+](\C)O. The van der Waals surface area contributed by atoms with Crippen molar-refractivity contribution in [3.05, 3.63) is 70.8 Å². The first-order valence-electron chi connectivity index (χ1n) is 11.3. The zero-order chi connectivity index (χ0) is 23.4. The van der Waals surface area contributed by atoms with Gasteiger partial charge in [-0.3, -0.25) is 10.1 Å². The Kier molecular flexibility index (Phi) is 7.11. The molecule has 0 saturated carbocycles. The second-order valence-corrected chi connectivity index (χ2v) is 8.45. The Morgan fingerprint density at radius 1 is 1.12 bits per heavy atom. The molecule has 0 radical (unpaired) electrons. The Bertz CT molecular complexity index is 1070. The highest BCUT2D eigenvalue weighted by molar-refractivity contribution is 6.35. The number of fused-ring (bicyclic) bond motifs is 1. The molecule has 1 saturated heterocycles. The van der Waals surface area contributed by atoms with Crippen LogP contribution < -0.4 is 4.74 Å². The quantitative estimate of drug-likeness (QED) is 0.302. The Morgan fingerprint density at radius 3 is 2.52 bits per heavy atom. The molecule has 0 spiro atoms. The van der Waals surface area contributed by atoms with Gasteiger partial charge in [0.25, 0.3) is 5.71 Å². The molecule has 0 amide bonds. The summed E-state index contributed by atoms with van der Waals surface area (Å²) in [7, 11) is 1.52. The Hall–Kier alpha value is -3.16. The molecular formula is C26H31N2O5+. The van der Waals surface area contributed by atoms with Crippen LogP contribution in [-0.4, -0.2) is 79.1 Å². The molecule has 0 bridgehead atoms. The van der Waals surface area contributed by atoms with Gasteiger partial charge in [-0.25, -0.2) is 4.79 Å². The summed E-state index contributed by atoms with van der Waals surface area (Å²) in [5.74, 6) is 0.220. The van der Waals surface area contributed by atoms with Crippen LogP contribution in [0.25, 0.3) is 5.57 Å². The van der Waals surface area contributed by atoms with Crippen molar-refractivity contribution in [3.63, 3.8) is 0 Å². The Labute approximate surface area is 194 Å². The molecular weight excluding hydrogens is 420 g/mol. The fraction of sp³-hybridized carbons (Fsp3) is 0.385. The second kappa shape index (κ2) is 10.2. The first-order chi connectivity index (χ1) is 16.0. The number of hydroxylamine groups is 1. The number of hydrogen-bond acceptors (Lipinski definition) is 6. The van der Waals surface area contributed by atoms with E-state index < -0.39 is 5.97 Å². The summed E-state index contributed by atoms with van der Waals surface area (Å²) in [5, 5.41) is 10.5. The number of hydrogen-bond donors (Lipinski definition) is 1. The molecule has 1 N–H and O–H groups in total. The van der Waals surface area contributed by atoms with Crippen molar-refractivity contribution in [2.24, 2.45) is 0 Å². The van der Waals surface area contributed by atoms with Crippen LogP contribution in [0.5, 0.6) is 5.75 Å². The van der Waals surface area contributed by atoms with Gasteiger partial charge >= 0.3 is 5.97 Å². The van der Waals surface area contributed by atoms with E-state index in [0.29, 0.717) is 23.6 Å². The maximum absolute atomic E-state index is 13.2. The van der Waals surface area contributed by atoms with E-state index in [1.54, 1.807) is 0 Å². The molecule has 0 unspecified atom stereocenters. The van der Waals surface area contributed by atoms with Crippen molar-refractivity contribution in [2.75, 3.05) is 46.5 Å². The summed E-state index contributed by atoms with van der Waals surface area (Å²) >= 11 is 0. The van der Waals surface area contributed by atoms with Gasteiger partial charge in [0.1, 0.15) is 17.9 Å². The molecule has 2 aromatic carbocycles. The number of nitrogens with zero attached hydrogens (tertiary/aromatic N) is 2. The van der Waals surface area contributed by atoms with Crippen molar-refractivity contribution in [1.82, 2.24) is 4.90 Å². The lowest BCUT2D eigenvalue weighted by Gasteiger charge is -2.26. The molecule has 7 nitrogen and oxygen atoms in total. The van der Waals surface area contributed by atoms with Gasteiger partial charge in [0.15, 0.2) is 7.05 Å². The molecule has 1 fully saturated rings. The number of esters is 1. The third kappa shape index (κ3) is 5.10. The number of carbonyl (C=O) groups is 1. The van der Waals surface area contributed by atoms with Crippen LogP contribution in [0.3, 0.4) is 0 Å². The van der Waals surface area contributed by atoms with Crippen molar-refractivity contribution >= 4 is 17.3 Å². The summed E-state index contributed by atoms with van der Waals surface area (Å²) in [4.78, 5) is 15.5. The van der Waals surface area contributed by atoms with Gasteiger partial charge in [-0.2, -0.15) is 0 Å². The average molecular weight is 452 g/mol. The van der Waals surface area contributed by atoms with E-state index in [1.807, 2.05) is 62.4 Å². The fourth-order valence-electron chi connectivity index (χ4n) is 4.24. The highest BCUT2D eigenvalue weighted by Gasteiger charge is 2.41. The largest absolute Gasteiger partial charge is 0.492 e. The smallest absolute Gasteiger partial charge is 0.346 e. The summed E-state index contributed by atoms with van der Waals surface area (Å²) in [6.45, 7) is 8.31. The van der Waals surface area contributed by atoms with Crippen LogP contribution in [0, 0.1) is 0 Å². The molecule has 174 valence electrons. The minimum absolute atomic E-state index is 0.282. The van der Waals surface area contributed by atoms with Gasteiger partial charge < -0.3 is 14.2 Å². The predicted molar refractivity (Wildman–Crippen MR) is 125 cm³/mol. The summed E-state index contributed by atoms with van der Waals surface area (Å²) < 4.78 is 18.0. The van der Waals surface area contributed by atoms with Crippen molar-refractivity contribution in [2.45, 2.75) is 20.0 Å². The highest BCUT2D eigenvalue weighted by atomic mass is 16.5. The minimum atomic E-state index is -0.467. The van der Waals surface area contributed by atoms with Crippen LogP contribution in [-0.2, 0) is 14.3 Å². The van der Waals surface area contributed by atoms with Crippen molar-refractivity contribution in [1.29, 1.82) is 0 Å². The van der Waals surface area contributed by atoms with E-state index in [2.05, 4.69) is 4.90 Å². The first-order valence-corrected chi connectivity index (χ1v) is 11.3. The minimum Gasteiger partial charge on any atom is -0.492 e. The van der Waals surface area contributed by atoms with Crippen LogP contribution in [0.1, 0.15) is 30.5 Å². The Morgan fingerprint density at radius 2 is 1.85 bits per heavy atom. The lowest BCUT2D eigenvalue weighted by atomic mass is 9.97. The van der Waals surface area contributed by atoms with E-state index in [4.69, 9.17) is 14.2 Å². The van der Waals surface area contributed by atoms with Gasteiger partial charge in [0.2, 0.25) is 0 Å². The molecule has 4 rings (SSSR count). The second-order valence-electron chi connectivity index (χ2n) is 8.45. The molecule has 0 aromatic heterocycles. The third-order valence-corrected chi connectivity index (χ3v) is 5.72. The standard InChI is InChI=1S/C26H31N2O5/c1-18(2)33-26(29)24-23(19-7-5-4-6-8-19)21-10-9-20(17-22(21)25(24)27(3)30)32-16-13-28-11-14-31-15-12-28/h4-10,17-18,30H,11-16H2,1-3H3/q+1/b27-25-. The van der Waals surface area contributed by atoms with E-state index in [9.17, 15) is 10.0 Å². The number of morpholine rings is 1. The lowest BCUT2D eigenvalue weighted by Crippen LogP contribution is -2.38. The topological polar surface area (TPSA) is 71.2 Å². The average Bonchev–Trinajstić information content (AvgIpc) is 3.15. The fourth-order valence-corrected chi connectivity index (χ4v) is 4.24. The zero-order valence-corrected chi connectivity index (χ0v) is 19.4. The van der Waals surface area contributed by atoms with E-state index >= 15 is 0 Å². The normalized spacial score (nSPS) is 17.8. The van der Waals surface area contributed by atoms with Crippen LogP contribution >= 0.6 is 0 Å². The molecule has 1 aliphatic heterocycles. The summed E-state index contributed by atoms with van der Waals surface area (Å²) in [5.41, 5.74) is 3.97. The number of benzene rings is 2. The number of ether oxygens (including phenoxy) is 3. The molecule has 2 aliphatic rings. The van der Waals surface area contributed by atoms with Crippen LogP contribution in [0.15, 0.2) is 54.1 Å². The maximum atomic E-state index is 13.2. The molecule has 7 heteroatoms. The summed E-state index contributed by atoms with van der Waals surface area (Å²) in [6.07, 6.45) is -0.282. The lowest BCUT2D eigenvalue weighted by molar-refractivity contribution is -0.753. The van der Waals surface area contributed by atoms with E-state index in [1.165, 1.54) is 7.05 Å². The van der Waals surface area contributed by atoms with Gasteiger partial charge in [-0.05, 0) is 47.9 Å². The number of rotatable bonds is 7. The van der Waals surface area contributed by atoms with Crippen LogP contribution in [0.4, 0.5) is 0 Å². The third-order valence-electron chi connectivity index (χ3n) is 5.72. The van der Waals surface area contributed by atoms with Gasteiger partial charge in [-0.15, -0.1) is 0 Å². The van der Waals surface area contributed by atoms with Gasteiger partial charge in [0, 0.05) is 25.2 Å². The molecule has 0 atom stereocenters. The van der Waals surface area contributed by atoms with Gasteiger partial charge in [0.05, 0.1) is 24.9 Å². The van der Waals surface area contributed by atoms with Crippen molar-refractivity contribution in [3.8, 4) is 5.75 Å². The van der Waals surface area contributed by atoms with Gasteiger partial charge in [-0.1, -0.05) is 30.3 Å². The molecule has 1 heterocycles. The summed E-state index contributed by atoms with van der Waals surface area (Å²) in [6, 6.07) is 15.4. The maximum Gasteiger partial charge on any atom is 0.346 e. The predicted octanol–water partition coefficient (Wildman–Crippen LogP) is 2.99. The number of carbonyl (C=O) groups excluding carboxylic acids is 1. The first kappa shape index (κ1) is 23.0. The molecule has 33 heavy (non-hydrogen) atoms. The Balaban J connectivity index is 1.68. The van der Waals surface area contributed by atoms with E-state index in [0.717, 1.165) is 59.9 Å². The highest BCUT2D eigenvalue weighted by Crippen LogP contribution is 2.40.